The fourth-order valence-electron chi connectivity index (χ4n) is 4.22. The van der Waals surface area contributed by atoms with Crippen molar-refractivity contribution in [2.45, 2.75) is 11.1 Å². The van der Waals surface area contributed by atoms with Crippen molar-refractivity contribution in [1.82, 2.24) is 24.7 Å². The topological polar surface area (TPSA) is 187 Å². The molecule has 0 aliphatic carbocycles. The van der Waals surface area contributed by atoms with Crippen molar-refractivity contribution in [2.75, 3.05) is 16.4 Å². The summed E-state index contributed by atoms with van der Waals surface area (Å²) in [5.41, 5.74) is 6.77. The molecule has 50 heavy (non-hydrogen) atoms. The molecule has 256 valence electrons. The maximum absolute atomic E-state index is 13.3. The van der Waals surface area contributed by atoms with Crippen molar-refractivity contribution in [1.29, 1.82) is 0 Å². The Hall–Kier alpha value is -6.04. The lowest BCUT2D eigenvalue weighted by Crippen LogP contribution is -2.21. The lowest BCUT2D eigenvalue weighted by Gasteiger charge is -2.15. The fraction of sp³-hybridized carbons (Fsp3) is 0.0312. The van der Waals surface area contributed by atoms with Crippen LogP contribution in [0.4, 0.5) is 35.2 Å². The summed E-state index contributed by atoms with van der Waals surface area (Å²) in [5.74, 6) is 0.769. The summed E-state index contributed by atoms with van der Waals surface area (Å²) >= 11 is 6.01. The van der Waals surface area contributed by atoms with E-state index in [4.69, 9.17) is 26.6 Å². The van der Waals surface area contributed by atoms with Crippen molar-refractivity contribution >= 4 is 44.9 Å². The highest BCUT2D eigenvalue weighted by molar-refractivity contribution is 7.85. The summed E-state index contributed by atoms with van der Waals surface area (Å²) in [6.07, 6.45) is 2.43. The van der Waals surface area contributed by atoms with Gasteiger partial charge in [-0.05, 0) is 60.2 Å². The molecule has 0 saturated carbocycles. The number of carbonyl (C=O) groups is 1. The number of urea groups is 1. The number of rotatable bonds is 7. The molecule has 0 atom stereocenters. The number of ether oxygens (including phenoxy) is 1. The van der Waals surface area contributed by atoms with Crippen LogP contribution in [0, 0.1) is 0 Å². The Morgan fingerprint density at radius 3 is 2.20 bits per heavy atom. The van der Waals surface area contributed by atoms with Crippen LogP contribution in [-0.4, -0.2) is 43.7 Å². The molecule has 0 aliphatic rings. The van der Waals surface area contributed by atoms with Gasteiger partial charge in [-0.2, -0.15) is 26.7 Å². The molecule has 0 bridgehead atoms. The summed E-state index contributed by atoms with van der Waals surface area (Å²) in [5, 5.41) is 9.37. The first-order valence-electron chi connectivity index (χ1n) is 14.1. The molecular formula is C32H24ClF3N8O5S. The van der Waals surface area contributed by atoms with Gasteiger partial charge in [0.25, 0.3) is 10.1 Å². The van der Waals surface area contributed by atoms with Gasteiger partial charge in [-0.3, -0.25) is 4.55 Å². The zero-order valence-corrected chi connectivity index (χ0v) is 26.9. The van der Waals surface area contributed by atoms with Gasteiger partial charge in [0, 0.05) is 24.2 Å². The molecular weight excluding hydrogens is 701 g/mol. The SMILES string of the molecule is Nc1ncc(Cl)cc1-c1ccc(Oc2ncc(NC(=O)Nc3cc(C(F)(F)F)ccc3-n3cccn3)cn2)cc1.O=S(=O)(O)c1ccccc1. The highest BCUT2D eigenvalue weighted by Crippen LogP contribution is 2.34. The normalized spacial score (nSPS) is 11.2. The summed E-state index contributed by atoms with van der Waals surface area (Å²) in [4.78, 5) is 24.7. The number of benzene rings is 3. The minimum Gasteiger partial charge on any atom is -0.424 e. The van der Waals surface area contributed by atoms with Crippen molar-refractivity contribution < 1.29 is 35.7 Å². The van der Waals surface area contributed by atoms with Crippen LogP contribution in [0.3, 0.4) is 0 Å². The Kier molecular flexibility index (Phi) is 10.6. The minimum absolute atomic E-state index is 0.00138. The average molecular weight is 725 g/mol. The Balaban J connectivity index is 0.000000418. The van der Waals surface area contributed by atoms with Crippen molar-refractivity contribution in [3.8, 4) is 28.6 Å². The van der Waals surface area contributed by atoms with Gasteiger partial charge < -0.3 is 21.1 Å². The third kappa shape index (κ3) is 9.31. The van der Waals surface area contributed by atoms with E-state index in [9.17, 15) is 26.4 Å². The number of pyridine rings is 1. The van der Waals surface area contributed by atoms with Crippen LogP contribution in [0.15, 0.2) is 121 Å². The number of nitrogens with two attached hydrogens (primary N) is 1. The van der Waals surface area contributed by atoms with E-state index < -0.39 is 27.9 Å². The molecule has 5 N–H and O–H groups in total. The number of aromatic nitrogens is 5. The van der Waals surface area contributed by atoms with E-state index in [1.165, 1.54) is 53.9 Å². The highest BCUT2D eigenvalue weighted by Gasteiger charge is 2.31. The summed E-state index contributed by atoms with van der Waals surface area (Å²) in [7, 11) is -4.00. The van der Waals surface area contributed by atoms with Crippen LogP contribution in [0.5, 0.6) is 11.8 Å². The van der Waals surface area contributed by atoms with Gasteiger partial charge in [0.15, 0.2) is 0 Å². The molecule has 6 aromatic rings. The first-order chi connectivity index (χ1) is 23.8. The molecule has 3 heterocycles. The van der Waals surface area contributed by atoms with E-state index in [-0.39, 0.29) is 28.0 Å². The van der Waals surface area contributed by atoms with E-state index in [2.05, 4.69) is 30.7 Å². The van der Waals surface area contributed by atoms with Crippen LogP contribution in [0.2, 0.25) is 5.02 Å². The Labute approximate surface area is 287 Å². The van der Waals surface area contributed by atoms with Crippen LogP contribution >= 0.6 is 11.6 Å². The van der Waals surface area contributed by atoms with Crippen LogP contribution in [0.1, 0.15) is 5.56 Å². The molecule has 0 radical (unpaired) electrons. The molecule has 2 amide bonds. The second kappa shape index (κ2) is 15.0. The molecule has 0 unspecified atom stereocenters. The summed E-state index contributed by atoms with van der Waals surface area (Å²) in [6.45, 7) is 0. The number of nitrogens with zero attached hydrogens (tertiary/aromatic N) is 5. The zero-order valence-electron chi connectivity index (χ0n) is 25.3. The molecule has 0 spiro atoms. The Morgan fingerprint density at radius 1 is 0.900 bits per heavy atom. The third-order valence-electron chi connectivity index (χ3n) is 6.51. The van der Waals surface area contributed by atoms with E-state index in [0.717, 1.165) is 17.7 Å². The van der Waals surface area contributed by atoms with Crippen molar-refractivity contribution in [2.24, 2.45) is 0 Å². The number of nitrogen functional groups attached to an aromatic ring is 1. The standard InChI is InChI=1S/C26H18ClF3N8O2.C6H6O3S/c27-17-11-20(23(31)32-12-17)15-2-5-19(6-3-15)40-25-33-13-18(14-34-25)36-24(39)37-21-10-16(26(28,29)30)4-7-22(21)38-9-1-8-35-38;7-10(8,9)6-4-2-1-3-5-6/h1-14H,(H2,31,32)(H2,36,37,39);1-5H,(H,7,8,9). The fourth-order valence-corrected chi connectivity index (χ4v) is 4.88. The van der Waals surface area contributed by atoms with E-state index in [0.29, 0.717) is 22.2 Å². The molecule has 18 heteroatoms. The van der Waals surface area contributed by atoms with Gasteiger partial charge in [0.1, 0.15) is 11.6 Å². The van der Waals surface area contributed by atoms with Crippen LogP contribution in [-0.2, 0) is 16.3 Å². The number of nitrogens with one attached hydrogen (secondary N) is 2. The molecule has 0 saturated heterocycles. The Bertz CT molecular complexity index is 2190. The van der Waals surface area contributed by atoms with Gasteiger partial charge >= 0.3 is 18.2 Å². The molecule has 0 aliphatic heterocycles. The average Bonchev–Trinajstić information content (AvgIpc) is 3.62. The van der Waals surface area contributed by atoms with E-state index >= 15 is 0 Å². The van der Waals surface area contributed by atoms with E-state index in [1.54, 1.807) is 54.6 Å². The summed E-state index contributed by atoms with van der Waals surface area (Å²) < 4.78 is 76.0. The maximum Gasteiger partial charge on any atom is 0.416 e. The quantitative estimate of drug-likeness (QED) is 0.121. The first-order valence-corrected chi connectivity index (χ1v) is 15.9. The minimum atomic E-state index is -4.60. The predicted octanol–water partition coefficient (Wildman–Crippen LogP) is 7.35. The molecule has 6 rings (SSSR count). The second-order valence-electron chi connectivity index (χ2n) is 10.0. The predicted molar refractivity (Wildman–Crippen MR) is 179 cm³/mol. The third-order valence-corrected chi connectivity index (χ3v) is 7.58. The number of carbonyl (C=O) groups excluding carboxylic acids is 1. The van der Waals surface area contributed by atoms with Crippen molar-refractivity contribution in [3.63, 3.8) is 0 Å². The number of halogens is 4. The number of hydrogen-bond donors (Lipinski definition) is 4. The zero-order chi connectivity index (χ0) is 35.9. The number of amides is 2. The van der Waals surface area contributed by atoms with Crippen LogP contribution < -0.4 is 21.1 Å². The monoisotopic (exact) mass is 724 g/mol. The van der Waals surface area contributed by atoms with Crippen molar-refractivity contribution in [3.05, 3.63) is 126 Å². The largest absolute Gasteiger partial charge is 0.424 e. The van der Waals surface area contributed by atoms with Crippen LogP contribution in [0.25, 0.3) is 16.8 Å². The highest BCUT2D eigenvalue weighted by atomic mass is 35.5. The number of alkyl halides is 3. The van der Waals surface area contributed by atoms with Gasteiger partial charge in [0.2, 0.25) is 0 Å². The van der Waals surface area contributed by atoms with Gasteiger partial charge in [0.05, 0.1) is 44.9 Å². The maximum atomic E-state index is 13.3. The molecule has 3 aromatic heterocycles. The Morgan fingerprint density at radius 2 is 1.60 bits per heavy atom. The smallest absolute Gasteiger partial charge is 0.416 e. The lowest BCUT2D eigenvalue weighted by molar-refractivity contribution is -0.137. The molecule has 0 fully saturated rings. The van der Waals surface area contributed by atoms with Gasteiger partial charge in [-0.25, -0.2) is 24.4 Å². The van der Waals surface area contributed by atoms with Gasteiger partial charge in [-0.1, -0.05) is 41.9 Å². The second-order valence-corrected chi connectivity index (χ2v) is 11.9. The number of hydrogen-bond acceptors (Lipinski definition) is 9. The molecule has 13 nitrogen and oxygen atoms in total. The van der Waals surface area contributed by atoms with Gasteiger partial charge in [-0.15, -0.1) is 0 Å². The summed E-state index contributed by atoms with van der Waals surface area (Å²) in [6, 6.07) is 19.8. The number of anilines is 3. The first kappa shape index (κ1) is 35.3. The van der Waals surface area contributed by atoms with E-state index in [1.807, 2.05) is 0 Å². The lowest BCUT2D eigenvalue weighted by atomic mass is 10.1. The molecule has 3 aromatic carbocycles.